The molecule has 0 aliphatic carbocycles. The second-order valence-corrected chi connectivity index (χ2v) is 3.82. The third kappa shape index (κ3) is 1.22. The minimum Gasteiger partial charge on any atom is -0.480 e. The third-order valence-electron chi connectivity index (χ3n) is 2.93. The highest BCUT2D eigenvalue weighted by atomic mass is 16.4. The minimum absolute atomic E-state index is 0.403. The zero-order valence-corrected chi connectivity index (χ0v) is 8.45. The number of fused-ring (bicyclic) bond motifs is 1. The summed E-state index contributed by atoms with van der Waals surface area (Å²) in [5, 5.41) is 9.07. The Hall–Kier alpha value is -1.32. The fourth-order valence-corrected chi connectivity index (χ4v) is 2.10. The summed E-state index contributed by atoms with van der Waals surface area (Å²) in [4.78, 5) is 15.4. The molecule has 1 aliphatic rings. The van der Waals surface area contributed by atoms with Gasteiger partial charge in [0.05, 0.1) is 5.69 Å². The first-order chi connectivity index (χ1) is 6.61. The Labute approximate surface area is 82.6 Å². The van der Waals surface area contributed by atoms with Gasteiger partial charge in [0.15, 0.2) is 0 Å². The van der Waals surface area contributed by atoms with Gasteiger partial charge in [-0.25, -0.2) is 9.78 Å². The second-order valence-electron chi connectivity index (χ2n) is 3.82. The molecule has 2 heterocycles. The van der Waals surface area contributed by atoms with Crippen LogP contribution in [0.15, 0.2) is 0 Å². The van der Waals surface area contributed by atoms with E-state index in [0.717, 1.165) is 36.5 Å². The van der Waals surface area contributed by atoms with Crippen molar-refractivity contribution in [3.8, 4) is 0 Å². The smallest absolute Gasteiger partial charge is 0.326 e. The molecule has 0 unspecified atom stereocenters. The number of aliphatic carboxylic acids is 1. The van der Waals surface area contributed by atoms with E-state index < -0.39 is 12.0 Å². The molecule has 0 spiro atoms. The number of rotatable bonds is 1. The number of carbonyl (C=O) groups is 1. The maximum absolute atomic E-state index is 11.0. The summed E-state index contributed by atoms with van der Waals surface area (Å²) in [6.45, 7) is 3.87. The Kier molecular flexibility index (Phi) is 2.06. The Bertz CT molecular complexity index is 382. The Morgan fingerprint density at radius 3 is 2.93 bits per heavy atom. The number of imidazole rings is 1. The van der Waals surface area contributed by atoms with Crippen LogP contribution in [0.4, 0.5) is 0 Å². The number of hydrogen-bond donors (Lipinski definition) is 1. The molecular weight excluding hydrogens is 180 g/mol. The molecule has 0 saturated carbocycles. The van der Waals surface area contributed by atoms with Gasteiger partial charge in [0, 0.05) is 12.1 Å². The number of carboxylic acids is 1. The lowest BCUT2D eigenvalue weighted by atomic mass is 10.0. The van der Waals surface area contributed by atoms with E-state index in [0.29, 0.717) is 0 Å². The van der Waals surface area contributed by atoms with Crippen molar-refractivity contribution in [2.24, 2.45) is 0 Å². The number of aromatic nitrogens is 2. The summed E-state index contributed by atoms with van der Waals surface area (Å²) in [5.74, 6) is 0.185. The number of nitrogens with zero attached hydrogens (tertiary/aromatic N) is 2. The lowest BCUT2D eigenvalue weighted by Crippen LogP contribution is -2.25. The molecule has 14 heavy (non-hydrogen) atoms. The molecule has 4 heteroatoms. The van der Waals surface area contributed by atoms with Crippen molar-refractivity contribution >= 4 is 5.97 Å². The maximum atomic E-state index is 11.0. The van der Waals surface area contributed by atoms with Gasteiger partial charge in [-0.05, 0) is 26.7 Å². The average Bonchev–Trinajstić information content (AvgIpc) is 2.43. The van der Waals surface area contributed by atoms with Crippen LogP contribution in [0.2, 0.25) is 0 Å². The zero-order valence-electron chi connectivity index (χ0n) is 8.45. The van der Waals surface area contributed by atoms with Crippen molar-refractivity contribution in [2.45, 2.75) is 39.2 Å². The number of carboxylic acid groups (broad SMARTS) is 1. The fourth-order valence-electron chi connectivity index (χ4n) is 2.10. The lowest BCUT2D eigenvalue weighted by molar-refractivity contribution is -0.141. The number of hydrogen-bond acceptors (Lipinski definition) is 2. The van der Waals surface area contributed by atoms with Crippen LogP contribution >= 0.6 is 0 Å². The summed E-state index contributed by atoms with van der Waals surface area (Å²) in [6, 6.07) is -0.403. The standard InChI is InChI=1S/C10H14N2O2/c1-6-7(2)12-8(10(13)14)4-3-5-9(12)11-6/h8H,3-5H2,1-2H3,(H,13,14)/t8-/m1/s1. The highest BCUT2D eigenvalue weighted by molar-refractivity contribution is 5.72. The van der Waals surface area contributed by atoms with Gasteiger partial charge in [-0.1, -0.05) is 0 Å². The van der Waals surface area contributed by atoms with Crippen molar-refractivity contribution in [1.82, 2.24) is 9.55 Å². The lowest BCUT2D eigenvalue weighted by Gasteiger charge is -2.22. The maximum Gasteiger partial charge on any atom is 0.326 e. The molecule has 1 aromatic heterocycles. The van der Waals surface area contributed by atoms with E-state index in [1.807, 2.05) is 18.4 Å². The Morgan fingerprint density at radius 2 is 2.29 bits per heavy atom. The van der Waals surface area contributed by atoms with Gasteiger partial charge < -0.3 is 9.67 Å². The molecule has 0 radical (unpaired) electrons. The van der Waals surface area contributed by atoms with Gasteiger partial charge >= 0.3 is 5.97 Å². The molecule has 4 nitrogen and oxygen atoms in total. The quantitative estimate of drug-likeness (QED) is 0.736. The summed E-state index contributed by atoms with van der Waals surface area (Å²) in [5.41, 5.74) is 1.94. The van der Waals surface area contributed by atoms with Crippen LogP contribution < -0.4 is 0 Å². The summed E-state index contributed by atoms with van der Waals surface area (Å²) < 4.78 is 1.88. The topological polar surface area (TPSA) is 55.1 Å². The fraction of sp³-hybridized carbons (Fsp3) is 0.600. The van der Waals surface area contributed by atoms with E-state index in [4.69, 9.17) is 5.11 Å². The molecule has 0 aromatic carbocycles. The van der Waals surface area contributed by atoms with Crippen LogP contribution in [0, 0.1) is 13.8 Å². The predicted octanol–water partition coefficient (Wildman–Crippen LogP) is 1.46. The van der Waals surface area contributed by atoms with Crippen molar-refractivity contribution in [1.29, 1.82) is 0 Å². The van der Waals surface area contributed by atoms with E-state index in [-0.39, 0.29) is 0 Å². The molecular formula is C10H14N2O2. The molecule has 2 rings (SSSR count). The first-order valence-electron chi connectivity index (χ1n) is 4.88. The summed E-state index contributed by atoms with van der Waals surface area (Å²) in [6.07, 6.45) is 2.55. The van der Waals surface area contributed by atoms with Gasteiger partial charge in [-0.2, -0.15) is 0 Å². The van der Waals surface area contributed by atoms with E-state index in [1.54, 1.807) is 0 Å². The van der Waals surface area contributed by atoms with E-state index in [9.17, 15) is 4.79 Å². The normalized spacial score (nSPS) is 20.6. The summed E-state index contributed by atoms with van der Waals surface area (Å²) in [7, 11) is 0. The molecule has 1 aliphatic heterocycles. The molecule has 0 saturated heterocycles. The van der Waals surface area contributed by atoms with E-state index in [2.05, 4.69) is 4.98 Å². The van der Waals surface area contributed by atoms with Crippen LogP contribution in [0.25, 0.3) is 0 Å². The predicted molar refractivity (Wildman–Crippen MR) is 51.3 cm³/mol. The van der Waals surface area contributed by atoms with Gasteiger partial charge in [0.1, 0.15) is 11.9 Å². The SMILES string of the molecule is Cc1nc2n(c1C)[C@@H](C(=O)O)CCC2. The largest absolute Gasteiger partial charge is 0.480 e. The van der Waals surface area contributed by atoms with Gasteiger partial charge in [0.25, 0.3) is 0 Å². The van der Waals surface area contributed by atoms with Gasteiger partial charge in [0.2, 0.25) is 0 Å². The van der Waals surface area contributed by atoms with Crippen molar-refractivity contribution < 1.29 is 9.90 Å². The minimum atomic E-state index is -0.744. The highest BCUT2D eigenvalue weighted by Gasteiger charge is 2.28. The van der Waals surface area contributed by atoms with Crippen molar-refractivity contribution in [2.75, 3.05) is 0 Å². The second kappa shape index (κ2) is 3.12. The molecule has 76 valence electrons. The average molecular weight is 194 g/mol. The van der Waals surface area contributed by atoms with Gasteiger partial charge in [-0.3, -0.25) is 0 Å². The van der Waals surface area contributed by atoms with E-state index >= 15 is 0 Å². The van der Waals surface area contributed by atoms with Crippen LogP contribution in [0.5, 0.6) is 0 Å². The first kappa shape index (κ1) is 9.24. The Balaban J connectivity index is 2.52. The number of aryl methyl sites for hydroxylation is 2. The highest BCUT2D eigenvalue weighted by Crippen LogP contribution is 2.27. The van der Waals surface area contributed by atoms with Crippen LogP contribution in [0.1, 0.15) is 36.1 Å². The molecule has 1 aromatic rings. The van der Waals surface area contributed by atoms with Crippen LogP contribution in [-0.4, -0.2) is 20.6 Å². The van der Waals surface area contributed by atoms with Crippen molar-refractivity contribution in [3.05, 3.63) is 17.2 Å². The Morgan fingerprint density at radius 1 is 1.57 bits per heavy atom. The molecule has 1 N–H and O–H groups in total. The molecule has 0 amide bonds. The summed E-state index contributed by atoms with van der Waals surface area (Å²) >= 11 is 0. The van der Waals surface area contributed by atoms with Gasteiger partial charge in [-0.15, -0.1) is 0 Å². The van der Waals surface area contributed by atoms with Crippen LogP contribution in [-0.2, 0) is 11.2 Å². The monoisotopic (exact) mass is 194 g/mol. The van der Waals surface area contributed by atoms with E-state index in [1.165, 1.54) is 0 Å². The molecule has 0 fully saturated rings. The van der Waals surface area contributed by atoms with Crippen LogP contribution in [0.3, 0.4) is 0 Å². The van der Waals surface area contributed by atoms with Crippen molar-refractivity contribution in [3.63, 3.8) is 0 Å². The zero-order chi connectivity index (χ0) is 10.3. The third-order valence-corrected chi connectivity index (χ3v) is 2.93. The molecule has 0 bridgehead atoms. The first-order valence-corrected chi connectivity index (χ1v) is 4.88. The molecule has 1 atom stereocenters.